The molecule has 0 unspecified atom stereocenters. The molecule has 170 valence electrons. The summed E-state index contributed by atoms with van der Waals surface area (Å²) in [5, 5.41) is 21.4. The third kappa shape index (κ3) is 4.93. The molecule has 0 aliphatic carbocycles. The fraction of sp³-hybridized carbons (Fsp3) is 0.379. The normalized spacial score (nSPS) is 11.6. The monoisotopic (exact) mass is 432 g/mol. The maximum Gasteiger partial charge on any atom is 0.125 e. The molecule has 0 spiro atoms. The second-order valence-corrected chi connectivity index (χ2v) is 10.1. The van der Waals surface area contributed by atoms with Crippen LogP contribution in [0.5, 0.6) is 17.2 Å². The maximum absolute atomic E-state index is 10.7. The lowest BCUT2D eigenvalue weighted by Gasteiger charge is -2.24. The predicted octanol–water partition coefficient (Wildman–Crippen LogP) is 6.82. The van der Waals surface area contributed by atoms with Gasteiger partial charge in [-0.1, -0.05) is 68.3 Å². The zero-order chi connectivity index (χ0) is 23.8. The molecule has 0 atom stereocenters. The van der Waals surface area contributed by atoms with E-state index in [1.165, 1.54) is 5.56 Å². The summed E-state index contributed by atoms with van der Waals surface area (Å²) in [7, 11) is 1.70. The van der Waals surface area contributed by atoms with E-state index in [4.69, 9.17) is 4.74 Å². The second kappa shape index (κ2) is 8.90. The van der Waals surface area contributed by atoms with E-state index in [0.29, 0.717) is 24.3 Å². The molecule has 0 saturated heterocycles. The number of methoxy groups -OCH3 is 1. The van der Waals surface area contributed by atoms with E-state index >= 15 is 0 Å². The summed E-state index contributed by atoms with van der Waals surface area (Å²) in [5.41, 5.74) is 9.04. The Bertz CT molecular complexity index is 1070. The molecule has 3 aromatic carbocycles. The highest BCUT2D eigenvalue weighted by Crippen LogP contribution is 2.37. The highest BCUT2D eigenvalue weighted by atomic mass is 16.5. The van der Waals surface area contributed by atoms with Crippen LogP contribution in [0.4, 0.5) is 0 Å². The molecular formula is C29H36O3. The summed E-state index contributed by atoms with van der Waals surface area (Å²) in [6.07, 6.45) is 1.15. The Morgan fingerprint density at radius 2 is 1.06 bits per heavy atom. The Balaban J connectivity index is 2.18. The van der Waals surface area contributed by atoms with Crippen molar-refractivity contribution >= 4 is 0 Å². The quantitative estimate of drug-likeness (QED) is 0.465. The summed E-state index contributed by atoms with van der Waals surface area (Å²) in [6.45, 7) is 14.6. The molecule has 0 heterocycles. The lowest BCUT2D eigenvalue weighted by Crippen LogP contribution is -2.13. The number of benzene rings is 3. The number of hydrogen-bond donors (Lipinski definition) is 2. The van der Waals surface area contributed by atoms with Crippen LogP contribution in [0.2, 0.25) is 0 Å². The van der Waals surface area contributed by atoms with Crippen LogP contribution in [0.3, 0.4) is 0 Å². The summed E-state index contributed by atoms with van der Waals surface area (Å²) < 4.78 is 5.93. The minimum Gasteiger partial charge on any atom is -0.507 e. The topological polar surface area (TPSA) is 49.7 Å². The van der Waals surface area contributed by atoms with E-state index in [0.717, 1.165) is 50.3 Å². The van der Waals surface area contributed by atoms with Crippen molar-refractivity contribution in [2.24, 2.45) is 0 Å². The van der Waals surface area contributed by atoms with E-state index in [-0.39, 0.29) is 5.41 Å². The standard InChI is InChI=1S/C29H36O3/c1-17-9-19(3)26(30)21(11-17)13-23-15-25(29(5,6)7)16-24(28(23)32-8)14-22-12-18(2)10-20(4)27(22)31/h9-12,15-16,30-31H,13-14H2,1-8H3. The van der Waals surface area contributed by atoms with Gasteiger partial charge in [-0.15, -0.1) is 0 Å². The summed E-state index contributed by atoms with van der Waals surface area (Å²) >= 11 is 0. The van der Waals surface area contributed by atoms with E-state index in [1.807, 2.05) is 52.0 Å². The first kappa shape index (κ1) is 23.7. The zero-order valence-electron chi connectivity index (χ0n) is 20.7. The number of phenols is 2. The summed E-state index contributed by atoms with van der Waals surface area (Å²) in [6, 6.07) is 12.5. The highest BCUT2D eigenvalue weighted by Gasteiger charge is 2.21. The molecular weight excluding hydrogens is 396 g/mol. The minimum absolute atomic E-state index is 0.0507. The van der Waals surface area contributed by atoms with Gasteiger partial charge in [-0.2, -0.15) is 0 Å². The van der Waals surface area contributed by atoms with Crippen LogP contribution in [0.1, 0.15) is 70.8 Å². The number of aryl methyl sites for hydroxylation is 4. The number of ether oxygens (including phenoxy) is 1. The molecule has 32 heavy (non-hydrogen) atoms. The molecule has 0 saturated carbocycles. The predicted molar refractivity (Wildman–Crippen MR) is 132 cm³/mol. The Labute approximate surface area is 192 Å². The molecule has 3 aromatic rings. The van der Waals surface area contributed by atoms with Crippen molar-refractivity contribution in [3.05, 3.63) is 86.5 Å². The molecule has 0 bridgehead atoms. The fourth-order valence-electron chi connectivity index (χ4n) is 4.49. The molecule has 3 rings (SSSR count). The SMILES string of the molecule is COc1c(Cc2cc(C)cc(C)c2O)cc(C(C)(C)C)cc1Cc1cc(C)cc(C)c1O. The summed E-state index contributed by atoms with van der Waals surface area (Å²) in [5.74, 6) is 1.50. The number of rotatable bonds is 5. The van der Waals surface area contributed by atoms with Gasteiger partial charge in [0, 0.05) is 12.8 Å². The van der Waals surface area contributed by atoms with Crippen molar-refractivity contribution in [3.8, 4) is 17.2 Å². The Morgan fingerprint density at radius 3 is 1.41 bits per heavy atom. The lowest BCUT2D eigenvalue weighted by molar-refractivity contribution is 0.404. The van der Waals surface area contributed by atoms with Crippen molar-refractivity contribution in [1.82, 2.24) is 0 Å². The smallest absolute Gasteiger partial charge is 0.125 e. The third-order valence-corrected chi connectivity index (χ3v) is 6.12. The van der Waals surface area contributed by atoms with Gasteiger partial charge < -0.3 is 14.9 Å². The van der Waals surface area contributed by atoms with Crippen LogP contribution in [0, 0.1) is 27.7 Å². The van der Waals surface area contributed by atoms with Gasteiger partial charge in [-0.3, -0.25) is 0 Å². The molecule has 3 heteroatoms. The summed E-state index contributed by atoms with van der Waals surface area (Å²) in [4.78, 5) is 0. The molecule has 0 fully saturated rings. The van der Waals surface area contributed by atoms with Crippen molar-refractivity contribution in [2.45, 2.75) is 66.7 Å². The van der Waals surface area contributed by atoms with Crippen LogP contribution < -0.4 is 4.74 Å². The van der Waals surface area contributed by atoms with Gasteiger partial charge in [0.1, 0.15) is 17.2 Å². The highest BCUT2D eigenvalue weighted by molar-refractivity contribution is 5.54. The Hall–Kier alpha value is -2.94. The van der Waals surface area contributed by atoms with Gasteiger partial charge in [0.05, 0.1) is 7.11 Å². The fourth-order valence-corrected chi connectivity index (χ4v) is 4.49. The Morgan fingerprint density at radius 1 is 0.656 bits per heavy atom. The molecule has 0 aliphatic rings. The molecule has 3 nitrogen and oxygen atoms in total. The first-order valence-electron chi connectivity index (χ1n) is 11.2. The number of hydrogen-bond acceptors (Lipinski definition) is 3. The van der Waals surface area contributed by atoms with Crippen LogP contribution in [-0.2, 0) is 18.3 Å². The first-order chi connectivity index (χ1) is 14.9. The van der Waals surface area contributed by atoms with Crippen LogP contribution in [-0.4, -0.2) is 17.3 Å². The van der Waals surface area contributed by atoms with Gasteiger partial charge >= 0.3 is 0 Å². The van der Waals surface area contributed by atoms with Crippen molar-refractivity contribution in [2.75, 3.05) is 7.11 Å². The van der Waals surface area contributed by atoms with E-state index in [2.05, 4.69) is 32.9 Å². The molecule has 0 aromatic heterocycles. The molecule has 0 radical (unpaired) electrons. The van der Waals surface area contributed by atoms with Crippen LogP contribution >= 0.6 is 0 Å². The van der Waals surface area contributed by atoms with E-state index in [1.54, 1.807) is 7.11 Å². The lowest BCUT2D eigenvalue weighted by atomic mass is 9.82. The van der Waals surface area contributed by atoms with Crippen LogP contribution in [0.15, 0.2) is 36.4 Å². The van der Waals surface area contributed by atoms with Crippen LogP contribution in [0.25, 0.3) is 0 Å². The molecule has 0 aliphatic heterocycles. The van der Waals surface area contributed by atoms with Crippen molar-refractivity contribution in [1.29, 1.82) is 0 Å². The minimum atomic E-state index is -0.0507. The van der Waals surface area contributed by atoms with E-state index < -0.39 is 0 Å². The zero-order valence-corrected chi connectivity index (χ0v) is 20.7. The first-order valence-corrected chi connectivity index (χ1v) is 11.2. The van der Waals surface area contributed by atoms with Gasteiger partial charge in [0.2, 0.25) is 0 Å². The number of phenolic OH excluding ortho intramolecular Hbond substituents is 2. The maximum atomic E-state index is 10.7. The van der Waals surface area contributed by atoms with Gasteiger partial charge in [0.25, 0.3) is 0 Å². The third-order valence-electron chi connectivity index (χ3n) is 6.12. The molecule has 0 amide bonds. The van der Waals surface area contributed by atoms with E-state index in [9.17, 15) is 10.2 Å². The molecule has 2 N–H and O–H groups in total. The largest absolute Gasteiger partial charge is 0.507 e. The number of aromatic hydroxyl groups is 2. The van der Waals surface area contributed by atoms with Gasteiger partial charge in [-0.05, 0) is 72.1 Å². The second-order valence-electron chi connectivity index (χ2n) is 10.1. The van der Waals surface area contributed by atoms with Crippen molar-refractivity contribution < 1.29 is 14.9 Å². The van der Waals surface area contributed by atoms with Gasteiger partial charge in [0.15, 0.2) is 0 Å². The van der Waals surface area contributed by atoms with Gasteiger partial charge in [-0.25, -0.2) is 0 Å². The van der Waals surface area contributed by atoms with Crippen molar-refractivity contribution in [3.63, 3.8) is 0 Å². The average Bonchev–Trinajstić information content (AvgIpc) is 2.68. The average molecular weight is 433 g/mol. The Kier molecular flexibility index (Phi) is 6.59.